The monoisotopic (exact) mass is 527 g/mol. The molecule has 1 aromatic heterocycles. The third kappa shape index (κ3) is 4.47. The van der Waals surface area contributed by atoms with Gasteiger partial charge in [0.2, 0.25) is 5.88 Å². The second kappa shape index (κ2) is 10.2. The first kappa shape index (κ1) is 25.6. The smallest absolute Gasteiger partial charge is 0.219 e. The highest BCUT2D eigenvalue weighted by atomic mass is 16.5. The zero-order valence-corrected chi connectivity index (χ0v) is 23.6. The van der Waals surface area contributed by atoms with Gasteiger partial charge in [-0.1, -0.05) is 54.6 Å². The van der Waals surface area contributed by atoms with E-state index in [4.69, 9.17) is 9.73 Å². The van der Waals surface area contributed by atoms with Gasteiger partial charge in [-0.25, -0.2) is 4.98 Å². The van der Waals surface area contributed by atoms with Crippen LogP contribution in [0.4, 0.5) is 5.69 Å². The minimum atomic E-state index is 0.0200. The Bertz CT molecular complexity index is 1750. The first-order valence-electron chi connectivity index (χ1n) is 13.7. The van der Waals surface area contributed by atoms with E-state index in [2.05, 4.69) is 74.8 Å². The number of benzene rings is 4. The molecule has 0 amide bonds. The van der Waals surface area contributed by atoms with Gasteiger partial charge in [0.05, 0.1) is 12.6 Å². The summed E-state index contributed by atoms with van der Waals surface area (Å²) in [5, 5.41) is 11.1. The standard InChI is InChI=1S/C35H33N3O2/c1-21-22(2)24(4)34(25(5)23(21)3)38-20-30(26-11-7-6-8-12-26)36-35(38)28-14-9-15-29(19-28)40-32-18-17-27-13-10-16-31(39)33(27)37-32/h6-19,30,39H,20H2,1-5H3/t30-/m1/s1. The maximum absolute atomic E-state index is 10.3. The van der Waals surface area contributed by atoms with E-state index >= 15 is 0 Å². The number of para-hydroxylation sites is 1. The molecule has 0 aliphatic carbocycles. The van der Waals surface area contributed by atoms with Gasteiger partial charge in [0.15, 0.2) is 0 Å². The molecule has 0 radical (unpaired) electrons. The first-order valence-corrected chi connectivity index (χ1v) is 13.7. The van der Waals surface area contributed by atoms with Crippen molar-refractivity contribution in [3.63, 3.8) is 0 Å². The molecular formula is C35H33N3O2. The highest BCUT2D eigenvalue weighted by Crippen LogP contribution is 2.39. The molecule has 1 aliphatic rings. The molecule has 1 atom stereocenters. The predicted octanol–water partition coefficient (Wildman–Crippen LogP) is 8.28. The molecule has 0 bridgehead atoms. The number of hydrogen-bond acceptors (Lipinski definition) is 5. The molecular weight excluding hydrogens is 494 g/mol. The number of pyridine rings is 1. The van der Waals surface area contributed by atoms with Crippen LogP contribution in [-0.2, 0) is 0 Å². The van der Waals surface area contributed by atoms with Crippen LogP contribution in [0.5, 0.6) is 17.4 Å². The SMILES string of the molecule is Cc1c(C)c(C)c(N2C[C@H](c3ccccc3)N=C2c2cccc(Oc3ccc4cccc(O)c4n3)c2)c(C)c1C. The van der Waals surface area contributed by atoms with Crippen molar-refractivity contribution in [1.82, 2.24) is 4.98 Å². The second-order valence-corrected chi connectivity index (χ2v) is 10.6. The van der Waals surface area contributed by atoms with Crippen LogP contribution in [0.2, 0.25) is 0 Å². The molecule has 0 unspecified atom stereocenters. The van der Waals surface area contributed by atoms with E-state index in [0.717, 1.165) is 23.3 Å². The fourth-order valence-corrected chi connectivity index (χ4v) is 5.68. The van der Waals surface area contributed by atoms with Crippen molar-refractivity contribution in [2.24, 2.45) is 4.99 Å². The summed E-state index contributed by atoms with van der Waals surface area (Å²) in [6, 6.07) is 27.6. The van der Waals surface area contributed by atoms with Gasteiger partial charge in [-0.15, -0.1) is 0 Å². The molecule has 5 aromatic rings. The van der Waals surface area contributed by atoms with Gasteiger partial charge < -0.3 is 14.7 Å². The lowest BCUT2D eigenvalue weighted by molar-refractivity contribution is 0.460. The predicted molar refractivity (Wildman–Crippen MR) is 163 cm³/mol. The van der Waals surface area contributed by atoms with Crippen LogP contribution in [0.1, 0.15) is 45.0 Å². The van der Waals surface area contributed by atoms with Crippen molar-refractivity contribution in [3.05, 3.63) is 124 Å². The van der Waals surface area contributed by atoms with Crippen molar-refractivity contribution in [2.45, 2.75) is 40.7 Å². The highest BCUT2D eigenvalue weighted by molar-refractivity contribution is 6.12. The second-order valence-electron chi connectivity index (χ2n) is 10.6. The third-order valence-electron chi connectivity index (χ3n) is 8.29. The number of ether oxygens (including phenoxy) is 1. The van der Waals surface area contributed by atoms with Gasteiger partial charge in [-0.05, 0) is 92.3 Å². The number of rotatable bonds is 5. The van der Waals surface area contributed by atoms with Crippen LogP contribution in [0.25, 0.3) is 10.9 Å². The van der Waals surface area contributed by atoms with E-state index in [1.54, 1.807) is 12.1 Å². The van der Waals surface area contributed by atoms with Crippen LogP contribution in [0.15, 0.2) is 89.9 Å². The number of nitrogens with zero attached hydrogens (tertiary/aromatic N) is 3. The topological polar surface area (TPSA) is 58.0 Å². The Balaban J connectivity index is 1.42. The Hall–Kier alpha value is -4.64. The molecule has 40 heavy (non-hydrogen) atoms. The van der Waals surface area contributed by atoms with Gasteiger partial charge in [-0.3, -0.25) is 4.99 Å². The summed E-state index contributed by atoms with van der Waals surface area (Å²) in [5.41, 5.74) is 10.5. The average molecular weight is 528 g/mol. The fraction of sp³-hybridized carbons (Fsp3) is 0.200. The van der Waals surface area contributed by atoms with E-state index in [-0.39, 0.29) is 11.8 Å². The van der Waals surface area contributed by atoms with Crippen molar-refractivity contribution < 1.29 is 9.84 Å². The molecule has 0 spiro atoms. The molecule has 200 valence electrons. The molecule has 4 aromatic carbocycles. The number of phenols is 1. The lowest BCUT2D eigenvalue weighted by atomic mass is 9.92. The molecule has 1 aliphatic heterocycles. The van der Waals surface area contributed by atoms with E-state index in [1.807, 2.05) is 42.5 Å². The van der Waals surface area contributed by atoms with E-state index < -0.39 is 0 Å². The minimum absolute atomic E-state index is 0.0200. The molecule has 5 nitrogen and oxygen atoms in total. The summed E-state index contributed by atoms with van der Waals surface area (Å²) in [4.78, 5) is 12.2. The number of aliphatic imine (C=N–C) groups is 1. The molecule has 2 heterocycles. The quantitative estimate of drug-likeness (QED) is 0.250. The molecule has 0 fully saturated rings. The number of anilines is 1. The lowest BCUT2D eigenvalue weighted by Gasteiger charge is -2.28. The maximum Gasteiger partial charge on any atom is 0.219 e. The van der Waals surface area contributed by atoms with Crippen LogP contribution >= 0.6 is 0 Å². The number of amidine groups is 1. The summed E-state index contributed by atoms with van der Waals surface area (Å²) in [6.45, 7) is 11.8. The normalized spacial score (nSPS) is 15.0. The van der Waals surface area contributed by atoms with E-state index in [1.165, 1.54) is 39.1 Å². The van der Waals surface area contributed by atoms with Crippen molar-refractivity contribution in [2.75, 3.05) is 11.4 Å². The van der Waals surface area contributed by atoms with Crippen molar-refractivity contribution >= 4 is 22.4 Å². The van der Waals surface area contributed by atoms with Crippen molar-refractivity contribution in [3.8, 4) is 17.4 Å². The van der Waals surface area contributed by atoms with E-state index in [0.29, 0.717) is 17.1 Å². The summed E-state index contributed by atoms with van der Waals surface area (Å²) in [6.07, 6.45) is 0. The van der Waals surface area contributed by atoms with Gasteiger partial charge >= 0.3 is 0 Å². The summed E-state index contributed by atoms with van der Waals surface area (Å²) < 4.78 is 6.20. The maximum atomic E-state index is 10.3. The van der Waals surface area contributed by atoms with Crippen molar-refractivity contribution in [1.29, 1.82) is 0 Å². The summed E-state index contributed by atoms with van der Waals surface area (Å²) in [5.74, 6) is 2.15. The van der Waals surface area contributed by atoms with Crippen LogP contribution in [0.3, 0.4) is 0 Å². The Morgan fingerprint density at radius 2 is 1.45 bits per heavy atom. The Morgan fingerprint density at radius 1 is 0.750 bits per heavy atom. The van der Waals surface area contributed by atoms with Gasteiger partial charge in [0.25, 0.3) is 0 Å². The first-order chi connectivity index (χ1) is 19.3. The number of hydrogen-bond donors (Lipinski definition) is 1. The third-order valence-corrected chi connectivity index (χ3v) is 8.29. The molecule has 6 rings (SSSR count). The molecule has 0 saturated carbocycles. The van der Waals surface area contributed by atoms with Gasteiger partial charge in [0.1, 0.15) is 22.9 Å². The van der Waals surface area contributed by atoms with Gasteiger partial charge in [0, 0.05) is 22.7 Å². The number of fused-ring (bicyclic) bond motifs is 1. The summed E-state index contributed by atoms with van der Waals surface area (Å²) in [7, 11) is 0. The van der Waals surface area contributed by atoms with Crippen LogP contribution in [-0.4, -0.2) is 22.5 Å². The minimum Gasteiger partial charge on any atom is -0.506 e. The Morgan fingerprint density at radius 3 is 2.20 bits per heavy atom. The van der Waals surface area contributed by atoms with Crippen LogP contribution < -0.4 is 9.64 Å². The molecule has 0 saturated heterocycles. The van der Waals surface area contributed by atoms with Crippen LogP contribution in [0, 0.1) is 34.6 Å². The zero-order valence-electron chi connectivity index (χ0n) is 23.6. The Labute approximate surface area is 235 Å². The largest absolute Gasteiger partial charge is 0.506 e. The number of aromatic hydroxyl groups is 1. The number of phenolic OH excluding ortho intramolecular Hbond substituents is 1. The average Bonchev–Trinajstić information content (AvgIpc) is 3.41. The van der Waals surface area contributed by atoms with E-state index in [9.17, 15) is 5.11 Å². The van der Waals surface area contributed by atoms with Gasteiger partial charge in [-0.2, -0.15) is 0 Å². The zero-order chi connectivity index (χ0) is 28.0. The highest BCUT2D eigenvalue weighted by Gasteiger charge is 2.31. The summed E-state index contributed by atoms with van der Waals surface area (Å²) >= 11 is 0. The lowest BCUT2D eigenvalue weighted by Crippen LogP contribution is -2.30. The molecule has 1 N–H and O–H groups in total. The molecule has 5 heteroatoms. The number of aromatic nitrogens is 1. The Kier molecular flexibility index (Phi) is 6.51. The fourth-order valence-electron chi connectivity index (χ4n) is 5.68.